The molecule has 2 aromatic heterocycles. The fraction of sp³-hybridized carbons (Fsp3) is 0.238. The minimum atomic E-state index is -0.933. The molecule has 0 radical (unpaired) electrons. The van der Waals surface area contributed by atoms with Crippen LogP contribution in [0.3, 0.4) is 0 Å². The Balaban J connectivity index is 1.73. The molecule has 0 bridgehead atoms. The van der Waals surface area contributed by atoms with Gasteiger partial charge in [0.05, 0.1) is 21.9 Å². The Morgan fingerprint density at radius 3 is 2.77 bits per heavy atom. The summed E-state index contributed by atoms with van der Waals surface area (Å²) in [5.74, 6) is 0.985. The number of aryl methyl sites for hydroxylation is 1. The molecule has 2 heterocycles. The molecule has 0 fully saturated rings. The molecule has 1 amide bonds. The van der Waals surface area contributed by atoms with Crippen LogP contribution in [0.4, 0.5) is 5.69 Å². The molecule has 3 N–H and O–H groups in total. The molecule has 30 heavy (non-hydrogen) atoms. The van der Waals surface area contributed by atoms with Crippen molar-refractivity contribution in [3.05, 3.63) is 69.1 Å². The molecule has 4 rings (SSSR count). The molecule has 8 nitrogen and oxygen atoms in total. The molecule has 0 unspecified atom stereocenters. The summed E-state index contributed by atoms with van der Waals surface area (Å²) in [6.45, 7) is 1.86. The van der Waals surface area contributed by atoms with E-state index >= 15 is 0 Å². The van der Waals surface area contributed by atoms with E-state index in [1.807, 2.05) is 13.2 Å². The number of imidazole rings is 1. The fourth-order valence-corrected chi connectivity index (χ4v) is 3.97. The zero-order valence-electron chi connectivity index (χ0n) is 16.6. The van der Waals surface area contributed by atoms with Crippen molar-refractivity contribution in [3.63, 3.8) is 0 Å². The maximum Gasteiger partial charge on any atom is 0.329 e. The number of nitrogens with one attached hydrogen (secondary N) is 3. The van der Waals surface area contributed by atoms with Crippen molar-refractivity contribution >= 4 is 45.3 Å². The van der Waals surface area contributed by atoms with E-state index in [1.54, 1.807) is 54.2 Å². The normalized spacial score (nSPS) is 12.3. The number of carbonyl (C=O) groups is 1. The second kappa shape index (κ2) is 8.19. The van der Waals surface area contributed by atoms with Gasteiger partial charge in [-0.25, -0.2) is 14.3 Å². The molecule has 0 saturated heterocycles. The summed E-state index contributed by atoms with van der Waals surface area (Å²) >= 11 is 1.55. The number of rotatable bonds is 6. The molecular weight excluding hydrogens is 402 g/mol. The third-order valence-corrected chi connectivity index (χ3v) is 5.56. The van der Waals surface area contributed by atoms with Crippen LogP contribution in [0.25, 0.3) is 21.9 Å². The lowest BCUT2D eigenvalue weighted by atomic mass is 10.1. The maximum atomic E-state index is 13.1. The molecule has 154 valence electrons. The highest BCUT2D eigenvalue weighted by atomic mass is 32.2. The second-order valence-corrected chi connectivity index (χ2v) is 7.98. The van der Waals surface area contributed by atoms with E-state index < -0.39 is 23.2 Å². The highest BCUT2D eigenvalue weighted by Gasteiger charge is 2.25. The van der Waals surface area contributed by atoms with E-state index in [-0.39, 0.29) is 0 Å². The molecule has 0 saturated carbocycles. The quantitative estimate of drug-likeness (QED) is 0.441. The summed E-state index contributed by atoms with van der Waals surface area (Å²) in [4.78, 5) is 49.1. The number of aromatic amines is 2. The van der Waals surface area contributed by atoms with Gasteiger partial charge >= 0.3 is 5.69 Å². The van der Waals surface area contributed by atoms with Crippen LogP contribution < -0.4 is 16.6 Å². The van der Waals surface area contributed by atoms with Gasteiger partial charge in [0.1, 0.15) is 11.9 Å². The maximum absolute atomic E-state index is 13.1. The number of fused-ring (bicyclic) bond motifs is 2. The first-order valence-electron chi connectivity index (χ1n) is 9.47. The average Bonchev–Trinajstić information content (AvgIpc) is 3.09. The highest BCUT2D eigenvalue weighted by Crippen LogP contribution is 2.20. The lowest BCUT2D eigenvalue weighted by molar-refractivity contribution is -0.119. The average molecular weight is 423 g/mol. The number of carbonyl (C=O) groups excluding carboxylic acids is 1. The van der Waals surface area contributed by atoms with Gasteiger partial charge < -0.3 is 15.3 Å². The molecule has 0 aliphatic carbocycles. The topological polar surface area (TPSA) is 113 Å². The molecule has 9 heteroatoms. The summed E-state index contributed by atoms with van der Waals surface area (Å²) in [7, 11) is 0. The smallest absolute Gasteiger partial charge is 0.329 e. The number of aromatic nitrogens is 4. The van der Waals surface area contributed by atoms with Crippen LogP contribution >= 0.6 is 11.8 Å². The van der Waals surface area contributed by atoms with Gasteiger partial charge in [0.2, 0.25) is 5.91 Å². The standard InChI is InChI=1S/C21H21N5O3S/c1-12-22-16-8-7-13(11-17(16)23-12)24-19(27)18(9-10-30-2)26-20(28)14-5-3-4-6-15(14)25-21(26)29/h3-8,11,18H,9-10H2,1-2H3,(H,22,23)(H,24,27)(H,25,29)/t18-/m0/s1. The van der Waals surface area contributed by atoms with E-state index in [9.17, 15) is 14.4 Å². The van der Waals surface area contributed by atoms with Gasteiger partial charge in [0.15, 0.2) is 0 Å². The third kappa shape index (κ3) is 3.76. The third-order valence-electron chi connectivity index (χ3n) is 4.91. The van der Waals surface area contributed by atoms with Crippen molar-refractivity contribution in [2.75, 3.05) is 17.3 Å². The van der Waals surface area contributed by atoms with Crippen molar-refractivity contribution in [1.29, 1.82) is 0 Å². The first-order chi connectivity index (χ1) is 14.5. The Morgan fingerprint density at radius 1 is 1.17 bits per heavy atom. The van der Waals surface area contributed by atoms with E-state index in [2.05, 4.69) is 20.3 Å². The first-order valence-corrected chi connectivity index (χ1v) is 10.9. The number of benzene rings is 2. The van der Waals surface area contributed by atoms with Crippen LogP contribution in [0.2, 0.25) is 0 Å². The Morgan fingerprint density at radius 2 is 1.97 bits per heavy atom. The van der Waals surface area contributed by atoms with Gasteiger partial charge in [-0.1, -0.05) is 12.1 Å². The van der Waals surface area contributed by atoms with Crippen molar-refractivity contribution in [3.8, 4) is 0 Å². The van der Waals surface area contributed by atoms with E-state index in [0.717, 1.165) is 21.4 Å². The zero-order chi connectivity index (χ0) is 21.3. The van der Waals surface area contributed by atoms with E-state index in [4.69, 9.17) is 0 Å². The predicted octanol–water partition coefficient (Wildman–Crippen LogP) is 2.81. The summed E-state index contributed by atoms with van der Waals surface area (Å²) in [5.41, 5.74) is 1.54. The van der Waals surface area contributed by atoms with Crippen molar-refractivity contribution < 1.29 is 4.79 Å². The monoisotopic (exact) mass is 423 g/mol. The number of hydrogen-bond donors (Lipinski definition) is 3. The zero-order valence-corrected chi connectivity index (χ0v) is 17.4. The van der Waals surface area contributed by atoms with Gasteiger partial charge in [-0.05, 0) is 55.7 Å². The van der Waals surface area contributed by atoms with Gasteiger partial charge in [0, 0.05) is 5.69 Å². The summed E-state index contributed by atoms with van der Waals surface area (Å²) in [5, 5.41) is 3.21. The number of amides is 1. The summed E-state index contributed by atoms with van der Waals surface area (Å²) < 4.78 is 1.02. The lowest BCUT2D eigenvalue weighted by Crippen LogP contribution is -2.43. The number of nitrogens with zero attached hydrogens (tertiary/aromatic N) is 2. The van der Waals surface area contributed by atoms with Crippen LogP contribution in [-0.2, 0) is 4.79 Å². The lowest BCUT2D eigenvalue weighted by Gasteiger charge is -2.19. The van der Waals surface area contributed by atoms with Crippen LogP contribution in [0, 0.1) is 6.92 Å². The second-order valence-electron chi connectivity index (χ2n) is 6.99. The molecule has 1 atom stereocenters. The Labute approximate surface area is 175 Å². The first kappa shape index (κ1) is 20.0. The van der Waals surface area contributed by atoms with Crippen molar-refractivity contribution in [2.24, 2.45) is 0 Å². The Kier molecular flexibility index (Phi) is 5.45. The number of hydrogen-bond acceptors (Lipinski definition) is 5. The number of anilines is 1. The SMILES string of the molecule is CSCC[C@@H](C(=O)Nc1ccc2nc(C)[nH]c2c1)n1c(=O)[nH]c2ccccc2c1=O. The number of H-pyrrole nitrogens is 2. The van der Waals surface area contributed by atoms with E-state index in [0.29, 0.717) is 28.8 Å². The van der Waals surface area contributed by atoms with Crippen LogP contribution in [0.5, 0.6) is 0 Å². The fourth-order valence-electron chi connectivity index (χ4n) is 3.51. The molecule has 0 spiro atoms. The Bertz CT molecular complexity index is 1350. The molecule has 0 aliphatic heterocycles. The molecule has 2 aromatic carbocycles. The predicted molar refractivity (Wildman–Crippen MR) is 120 cm³/mol. The molecular formula is C21H21N5O3S. The van der Waals surface area contributed by atoms with E-state index in [1.165, 1.54) is 0 Å². The van der Waals surface area contributed by atoms with Crippen LogP contribution in [-0.4, -0.2) is 37.4 Å². The Hall–Kier alpha value is -3.33. The number of thioether (sulfide) groups is 1. The summed E-state index contributed by atoms with van der Waals surface area (Å²) in [6.07, 6.45) is 2.26. The van der Waals surface area contributed by atoms with Crippen LogP contribution in [0.15, 0.2) is 52.1 Å². The van der Waals surface area contributed by atoms with Crippen molar-refractivity contribution in [1.82, 2.24) is 19.5 Å². The van der Waals surface area contributed by atoms with Gasteiger partial charge in [0.25, 0.3) is 5.56 Å². The highest BCUT2D eigenvalue weighted by molar-refractivity contribution is 7.98. The minimum Gasteiger partial charge on any atom is -0.342 e. The number of para-hydroxylation sites is 1. The largest absolute Gasteiger partial charge is 0.342 e. The van der Waals surface area contributed by atoms with Gasteiger partial charge in [-0.3, -0.25) is 9.59 Å². The van der Waals surface area contributed by atoms with Crippen molar-refractivity contribution in [2.45, 2.75) is 19.4 Å². The van der Waals surface area contributed by atoms with Gasteiger partial charge in [-0.2, -0.15) is 11.8 Å². The molecule has 0 aliphatic rings. The van der Waals surface area contributed by atoms with Crippen LogP contribution in [0.1, 0.15) is 18.3 Å². The van der Waals surface area contributed by atoms with Gasteiger partial charge in [-0.15, -0.1) is 0 Å². The molecule has 4 aromatic rings. The minimum absolute atomic E-state index is 0.347. The summed E-state index contributed by atoms with van der Waals surface area (Å²) in [6, 6.07) is 11.2.